The molecule has 1 aromatic heterocycles. The van der Waals surface area contributed by atoms with Crippen molar-refractivity contribution in [2.24, 2.45) is 0 Å². The largest absolute Gasteiger partial charge is 0.468 e. The van der Waals surface area contributed by atoms with Crippen LogP contribution in [0.5, 0.6) is 0 Å². The molecule has 3 rings (SSSR count). The molecule has 0 saturated heterocycles. The van der Waals surface area contributed by atoms with Crippen LogP contribution in [0.15, 0.2) is 12.3 Å². The van der Waals surface area contributed by atoms with Gasteiger partial charge in [0.25, 0.3) is 0 Å². The third kappa shape index (κ3) is 2.03. The van der Waals surface area contributed by atoms with Gasteiger partial charge in [0.2, 0.25) is 0 Å². The quantitative estimate of drug-likeness (QED) is 0.784. The van der Waals surface area contributed by atoms with E-state index in [1.165, 1.54) is 32.8 Å². The zero-order valence-electron chi connectivity index (χ0n) is 11.4. The summed E-state index contributed by atoms with van der Waals surface area (Å²) < 4.78 is 4.96. The van der Waals surface area contributed by atoms with Crippen LogP contribution in [0, 0.1) is 0 Å². The lowest BCUT2D eigenvalue weighted by Gasteiger charge is -2.37. The van der Waals surface area contributed by atoms with Gasteiger partial charge in [-0.3, -0.25) is 4.79 Å². The van der Waals surface area contributed by atoms with Crippen LogP contribution in [0.1, 0.15) is 62.4 Å². The van der Waals surface area contributed by atoms with E-state index in [1.54, 1.807) is 6.20 Å². The van der Waals surface area contributed by atoms with Crippen LogP contribution in [0.2, 0.25) is 0 Å². The van der Waals surface area contributed by atoms with Crippen molar-refractivity contribution in [3.8, 4) is 0 Å². The van der Waals surface area contributed by atoms with Gasteiger partial charge in [-0.15, -0.1) is 0 Å². The summed E-state index contributed by atoms with van der Waals surface area (Å²) in [6, 6.07) is 2.00. The van der Waals surface area contributed by atoms with E-state index >= 15 is 0 Å². The maximum Gasteiger partial charge on any atom is 0.319 e. The second kappa shape index (κ2) is 4.91. The Morgan fingerprint density at radius 1 is 1.32 bits per heavy atom. The van der Waals surface area contributed by atoms with Crippen molar-refractivity contribution in [2.75, 3.05) is 7.11 Å². The van der Waals surface area contributed by atoms with Crippen LogP contribution in [-0.4, -0.2) is 23.0 Å². The predicted molar refractivity (Wildman–Crippen MR) is 70.8 cm³/mol. The van der Waals surface area contributed by atoms with Gasteiger partial charge >= 0.3 is 5.97 Å². The molecule has 2 fully saturated rings. The standard InChI is InChI=1S/C15H20N2O2/c1-19-14(18)15(8-4-9-15)13-16-10-7-12(17-13)11-5-2-3-6-11/h7,10-11H,2-6,8-9H2,1H3. The Balaban J connectivity index is 1.91. The lowest BCUT2D eigenvalue weighted by atomic mass is 9.68. The van der Waals surface area contributed by atoms with Crippen LogP contribution in [0.4, 0.5) is 0 Å². The number of hydrogen-bond donors (Lipinski definition) is 0. The van der Waals surface area contributed by atoms with E-state index in [0.717, 1.165) is 25.0 Å². The molecule has 19 heavy (non-hydrogen) atoms. The zero-order chi connectivity index (χ0) is 13.3. The van der Waals surface area contributed by atoms with Crippen LogP contribution in [0.25, 0.3) is 0 Å². The number of carbonyl (C=O) groups is 1. The Morgan fingerprint density at radius 3 is 2.63 bits per heavy atom. The molecule has 0 aliphatic heterocycles. The number of aromatic nitrogens is 2. The second-order valence-electron chi connectivity index (χ2n) is 5.71. The van der Waals surface area contributed by atoms with E-state index in [-0.39, 0.29) is 5.97 Å². The molecule has 0 N–H and O–H groups in total. The minimum atomic E-state index is -0.566. The Morgan fingerprint density at radius 2 is 2.05 bits per heavy atom. The van der Waals surface area contributed by atoms with Gasteiger partial charge in [-0.05, 0) is 31.7 Å². The maximum absolute atomic E-state index is 12.0. The van der Waals surface area contributed by atoms with Gasteiger partial charge in [-0.1, -0.05) is 19.3 Å². The van der Waals surface area contributed by atoms with Crippen LogP contribution < -0.4 is 0 Å². The fourth-order valence-corrected chi connectivity index (χ4v) is 3.30. The predicted octanol–water partition coefficient (Wildman–Crippen LogP) is 2.73. The molecule has 4 nitrogen and oxygen atoms in total. The first-order valence-corrected chi connectivity index (χ1v) is 7.18. The van der Waals surface area contributed by atoms with Crippen LogP contribution in [0.3, 0.4) is 0 Å². The number of esters is 1. The summed E-state index contributed by atoms with van der Waals surface area (Å²) in [7, 11) is 1.45. The summed E-state index contributed by atoms with van der Waals surface area (Å²) in [5.74, 6) is 1.05. The van der Waals surface area contributed by atoms with Crippen molar-refractivity contribution < 1.29 is 9.53 Å². The molecule has 0 bridgehead atoms. The first-order valence-electron chi connectivity index (χ1n) is 7.18. The molecule has 0 atom stereocenters. The van der Waals surface area contributed by atoms with E-state index < -0.39 is 5.41 Å². The Kier molecular flexibility index (Phi) is 3.25. The van der Waals surface area contributed by atoms with Gasteiger partial charge in [0.15, 0.2) is 0 Å². The molecule has 0 aromatic carbocycles. The lowest BCUT2D eigenvalue weighted by Crippen LogP contribution is -2.44. The highest BCUT2D eigenvalue weighted by atomic mass is 16.5. The highest BCUT2D eigenvalue weighted by molar-refractivity contribution is 5.83. The molecular weight excluding hydrogens is 240 g/mol. The topological polar surface area (TPSA) is 52.1 Å². The summed E-state index contributed by atoms with van der Waals surface area (Å²) in [6.45, 7) is 0. The maximum atomic E-state index is 12.0. The molecule has 1 heterocycles. The van der Waals surface area contributed by atoms with Gasteiger partial charge < -0.3 is 4.74 Å². The molecule has 102 valence electrons. The summed E-state index contributed by atoms with van der Waals surface area (Å²) in [4.78, 5) is 21.1. The molecular formula is C15H20N2O2. The van der Waals surface area contributed by atoms with Crippen molar-refractivity contribution >= 4 is 5.97 Å². The number of carbonyl (C=O) groups excluding carboxylic acids is 1. The van der Waals surface area contributed by atoms with Crippen LogP contribution >= 0.6 is 0 Å². The summed E-state index contributed by atoms with van der Waals surface area (Å²) in [5.41, 5.74) is 0.543. The first kappa shape index (κ1) is 12.6. The molecule has 0 radical (unpaired) electrons. The average molecular weight is 260 g/mol. The molecule has 2 aliphatic carbocycles. The van der Waals surface area contributed by atoms with E-state index in [4.69, 9.17) is 9.72 Å². The fourth-order valence-electron chi connectivity index (χ4n) is 3.30. The Bertz CT molecular complexity index is 477. The van der Waals surface area contributed by atoms with Gasteiger partial charge in [0.1, 0.15) is 11.2 Å². The van der Waals surface area contributed by atoms with Crippen molar-refractivity contribution in [3.05, 3.63) is 23.8 Å². The normalized spacial score (nSPS) is 21.9. The Hall–Kier alpha value is -1.45. The summed E-state index contributed by atoms with van der Waals surface area (Å²) >= 11 is 0. The van der Waals surface area contributed by atoms with Crippen molar-refractivity contribution in [2.45, 2.75) is 56.3 Å². The van der Waals surface area contributed by atoms with Crippen molar-refractivity contribution in [1.29, 1.82) is 0 Å². The highest BCUT2D eigenvalue weighted by Crippen LogP contribution is 2.43. The molecule has 0 unspecified atom stereocenters. The number of hydrogen-bond acceptors (Lipinski definition) is 4. The zero-order valence-corrected chi connectivity index (χ0v) is 11.4. The minimum Gasteiger partial charge on any atom is -0.468 e. The molecule has 1 aromatic rings. The minimum absolute atomic E-state index is 0.178. The van der Waals surface area contributed by atoms with Crippen molar-refractivity contribution in [1.82, 2.24) is 9.97 Å². The van der Waals surface area contributed by atoms with Gasteiger partial charge in [0, 0.05) is 17.8 Å². The molecule has 0 amide bonds. The van der Waals surface area contributed by atoms with Gasteiger partial charge in [-0.25, -0.2) is 9.97 Å². The SMILES string of the molecule is COC(=O)C1(c2nccc(C3CCCC3)n2)CCC1. The van der Waals surface area contributed by atoms with E-state index in [9.17, 15) is 4.79 Å². The Labute approximate surface area is 113 Å². The third-order valence-corrected chi connectivity index (χ3v) is 4.66. The second-order valence-corrected chi connectivity index (χ2v) is 5.71. The summed E-state index contributed by atoms with van der Waals surface area (Å²) in [6.07, 6.45) is 9.47. The van der Waals surface area contributed by atoms with E-state index in [2.05, 4.69) is 4.98 Å². The average Bonchev–Trinajstić information content (AvgIpc) is 2.91. The number of rotatable bonds is 3. The first-order chi connectivity index (χ1) is 9.26. The fraction of sp³-hybridized carbons (Fsp3) is 0.667. The summed E-state index contributed by atoms with van der Waals surface area (Å²) in [5, 5.41) is 0. The molecule has 2 saturated carbocycles. The lowest BCUT2D eigenvalue weighted by molar-refractivity contribution is -0.151. The molecule has 2 aliphatic rings. The third-order valence-electron chi connectivity index (χ3n) is 4.66. The number of nitrogens with zero attached hydrogens (tertiary/aromatic N) is 2. The van der Waals surface area contributed by atoms with Gasteiger partial charge in [-0.2, -0.15) is 0 Å². The van der Waals surface area contributed by atoms with Crippen LogP contribution in [-0.2, 0) is 14.9 Å². The molecule has 0 spiro atoms. The monoisotopic (exact) mass is 260 g/mol. The smallest absolute Gasteiger partial charge is 0.319 e. The van der Waals surface area contributed by atoms with E-state index in [0.29, 0.717) is 11.7 Å². The number of methoxy groups -OCH3 is 1. The molecule has 4 heteroatoms. The van der Waals surface area contributed by atoms with Crippen molar-refractivity contribution in [3.63, 3.8) is 0 Å². The van der Waals surface area contributed by atoms with E-state index in [1.807, 2.05) is 6.07 Å². The number of ether oxygens (including phenoxy) is 1. The van der Waals surface area contributed by atoms with Gasteiger partial charge in [0.05, 0.1) is 7.11 Å². The highest BCUT2D eigenvalue weighted by Gasteiger charge is 2.49.